The molecule has 1 atom stereocenters. The van der Waals surface area contributed by atoms with Crippen molar-refractivity contribution in [3.05, 3.63) is 35.8 Å². The fraction of sp³-hybridized carbons (Fsp3) is 0.231. The fourth-order valence-corrected chi connectivity index (χ4v) is 2.33. The molecule has 17 heavy (non-hydrogen) atoms. The fourth-order valence-electron chi connectivity index (χ4n) is 2.33. The quantitative estimate of drug-likeness (QED) is 0.710. The Balaban J connectivity index is 2.52. The van der Waals surface area contributed by atoms with Crippen LogP contribution in [0.4, 0.5) is 0 Å². The molecule has 4 heteroatoms. The Morgan fingerprint density at radius 2 is 1.82 bits per heavy atom. The van der Waals surface area contributed by atoms with E-state index in [1.165, 1.54) is 0 Å². The van der Waals surface area contributed by atoms with E-state index in [1.54, 1.807) is 12.5 Å². The van der Waals surface area contributed by atoms with Crippen molar-refractivity contribution in [3.63, 3.8) is 0 Å². The maximum atomic E-state index is 9.25. The molecule has 0 saturated carbocycles. The molecule has 2 heterocycles. The first kappa shape index (κ1) is 10.4. The molecule has 0 fully saturated rings. The maximum absolute atomic E-state index is 9.25. The SMILES string of the molecule is Cc1c2ccoc2c(C(N)CO)c2ccoc12. The molecular formula is C13H13NO3. The highest BCUT2D eigenvalue weighted by Gasteiger charge is 2.20. The number of aliphatic hydroxyl groups is 1. The number of hydrogen-bond donors (Lipinski definition) is 2. The second kappa shape index (κ2) is 3.61. The van der Waals surface area contributed by atoms with Gasteiger partial charge in [0.05, 0.1) is 25.2 Å². The van der Waals surface area contributed by atoms with Crippen LogP contribution in [0.3, 0.4) is 0 Å². The second-order valence-corrected chi connectivity index (χ2v) is 4.15. The normalized spacial score (nSPS) is 13.6. The molecule has 4 nitrogen and oxygen atoms in total. The molecule has 3 aromatic rings. The standard InChI is InChI=1S/C13H13NO3/c1-7-8-2-4-17-13(8)11(10(14)6-15)9-3-5-16-12(7)9/h2-5,10,15H,6,14H2,1H3. The zero-order valence-corrected chi connectivity index (χ0v) is 9.43. The highest BCUT2D eigenvalue weighted by molar-refractivity contribution is 6.01. The Kier molecular flexibility index (Phi) is 2.21. The van der Waals surface area contributed by atoms with E-state index in [2.05, 4.69) is 0 Å². The monoisotopic (exact) mass is 231 g/mol. The first-order chi connectivity index (χ1) is 8.24. The molecule has 0 aliphatic heterocycles. The smallest absolute Gasteiger partial charge is 0.139 e. The van der Waals surface area contributed by atoms with Gasteiger partial charge in [0.2, 0.25) is 0 Å². The predicted molar refractivity (Wildman–Crippen MR) is 64.7 cm³/mol. The first-order valence-electron chi connectivity index (χ1n) is 5.47. The minimum atomic E-state index is -0.468. The number of aryl methyl sites for hydroxylation is 1. The van der Waals surface area contributed by atoms with Gasteiger partial charge in [-0.3, -0.25) is 0 Å². The van der Waals surface area contributed by atoms with Crippen LogP contribution in [0.25, 0.3) is 21.9 Å². The van der Waals surface area contributed by atoms with Crippen LogP contribution in [-0.4, -0.2) is 11.7 Å². The Bertz CT molecular complexity index is 629. The number of nitrogens with two attached hydrogens (primary N) is 1. The molecule has 1 unspecified atom stereocenters. The molecule has 0 aliphatic carbocycles. The number of aliphatic hydroxyl groups excluding tert-OH is 1. The van der Waals surface area contributed by atoms with Crippen molar-refractivity contribution in [1.82, 2.24) is 0 Å². The summed E-state index contributed by atoms with van der Waals surface area (Å²) >= 11 is 0. The molecule has 1 aromatic carbocycles. The molecule has 88 valence electrons. The van der Waals surface area contributed by atoms with Gasteiger partial charge in [-0.25, -0.2) is 0 Å². The van der Waals surface area contributed by atoms with Crippen molar-refractivity contribution >= 4 is 21.9 Å². The second-order valence-electron chi connectivity index (χ2n) is 4.15. The van der Waals surface area contributed by atoms with Crippen molar-refractivity contribution < 1.29 is 13.9 Å². The number of benzene rings is 1. The van der Waals surface area contributed by atoms with Gasteiger partial charge in [-0.05, 0) is 19.1 Å². The van der Waals surface area contributed by atoms with E-state index in [4.69, 9.17) is 14.6 Å². The summed E-state index contributed by atoms with van der Waals surface area (Å²) in [6.45, 7) is 1.86. The topological polar surface area (TPSA) is 72.5 Å². The van der Waals surface area contributed by atoms with Crippen LogP contribution in [0, 0.1) is 6.92 Å². The van der Waals surface area contributed by atoms with E-state index in [9.17, 15) is 5.11 Å². The zero-order valence-electron chi connectivity index (χ0n) is 9.43. The van der Waals surface area contributed by atoms with Gasteiger partial charge in [-0.2, -0.15) is 0 Å². The Labute approximate surface area is 97.6 Å². The summed E-state index contributed by atoms with van der Waals surface area (Å²) in [5.74, 6) is 0. The molecule has 3 rings (SSSR count). The molecular weight excluding hydrogens is 218 g/mol. The lowest BCUT2D eigenvalue weighted by Crippen LogP contribution is -2.15. The number of hydrogen-bond acceptors (Lipinski definition) is 4. The summed E-state index contributed by atoms with van der Waals surface area (Å²) in [6.07, 6.45) is 3.26. The van der Waals surface area contributed by atoms with Crippen LogP contribution >= 0.6 is 0 Å². The highest BCUT2D eigenvalue weighted by Crippen LogP contribution is 2.36. The van der Waals surface area contributed by atoms with Crippen LogP contribution in [0.5, 0.6) is 0 Å². The lowest BCUT2D eigenvalue weighted by atomic mass is 9.98. The van der Waals surface area contributed by atoms with E-state index < -0.39 is 6.04 Å². The van der Waals surface area contributed by atoms with Crippen LogP contribution in [-0.2, 0) is 0 Å². The third-order valence-electron chi connectivity index (χ3n) is 3.18. The summed E-state index contributed by atoms with van der Waals surface area (Å²) in [5.41, 5.74) is 9.32. The number of rotatable bonds is 2. The van der Waals surface area contributed by atoms with E-state index >= 15 is 0 Å². The summed E-state index contributed by atoms with van der Waals surface area (Å²) < 4.78 is 11.0. The summed E-state index contributed by atoms with van der Waals surface area (Å²) in [5, 5.41) is 11.1. The van der Waals surface area contributed by atoms with Crippen molar-refractivity contribution in [2.45, 2.75) is 13.0 Å². The molecule has 3 N–H and O–H groups in total. The molecule has 0 bridgehead atoms. The third kappa shape index (κ3) is 1.31. The van der Waals surface area contributed by atoms with Gasteiger partial charge in [0.25, 0.3) is 0 Å². The van der Waals surface area contributed by atoms with Crippen molar-refractivity contribution in [2.75, 3.05) is 6.61 Å². The summed E-state index contributed by atoms with van der Waals surface area (Å²) in [6, 6.07) is 3.28. The minimum absolute atomic E-state index is 0.126. The molecule has 0 saturated heterocycles. The lowest BCUT2D eigenvalue weighted by molar-refractivity contribution is 0.268. The van der Waals surface area contributed by atoms with Crippen LogP contribution in [0.2, 0.25) is 0 Å². The van der Waals surface area contributed by atoms with Crippen LogP contribution in [0.15, 0.2) is 33.5 Å². The van der Waals surface area contributed by atoms with Gasteiger partial charge in [0.1, 0.15) is 11.2 Å². The molecule has 0 radical (unpaired) electrons. The average molecular weight is 231 g/mol. The van der Waals surface area contributed by atoms with Crippen molar-refractivity contribution in [1.29, 1.82) is 0 Å². The van der Waals surface area contributed by atoms with E-state index in [1.807, 2.05) is 19.1 Å². The molecule has 0 amide bonds. The predicted octanol–water partition coefficient (Wildman–Crippen LogP) is 2.48. The minimum Gasteiger partial charge on any atom is -0.464 e. The van der Waals surface area contributed by atoms with Gasteiger partial charge >= 0.3 is 0 Å². The lowest BCUT2D eigenvalue weighted by Gasteiger charge is -2.11. The Morgan fingerprint density at radius 3 is 2.53 bits per heavy atom. The van der Waals surface area contributed by atoms with Gasteiger partial charge in [0, 0.05) is 21.9 Å². The highest BCUT2D eigenvalue weighted by atomic mass is 16.3. The summed E-state index contributed by atoms with van der Waals surface area (Å²) in [7, 11) is 0. The van der Waals surface area contributed by atoms with Crippen molar-refractivity contribution in [2.24, 2.45) is 5.73 Å². The van der Waals surface area contributed by atoms with E-state index in [0.29, 0.717) is 0 Å². The largest absolute Gasteiger partial charge is 0.464 e. The number of furan rings is 2. The summed E-state index contributed by atoms with van der Waals surface area (Å²) in [4.78, 5) is 0. The zero-order chi connectivity index (χ0) is 12.0. The maximum Gasteiger partial charge on any atom is 0.139 e. The van der Waals surface area contributed by atoms with Gasteiger partial charge in [0.15, 0.2) is 0 Å². The van der Waals surface area contributed by atoms with Crippen LogP contribution < -0.4 is 5.73 Å². The molecule has 0 aliphatic rings. The van der Waals surface area contributed by atoms with E-state index in [0.717, 1.165) is 33.1 Å². The Morgan fingerprint density at radius 1 is 1.18 bits per heavy atom. The Hall–Kier alpha value is -1.78. The van der Waals surface area contributed by atoms with Crippen LogP contribution in [0.1, 0.15) is 17.2 Å². The third-order valence-corrected chi connectivity index (χ3v) is 3.18. The molecule has 2 aromatic heterocycles. The van der Waals surface area contributed by atoms with E-state index in [-0.39, 0.29) is 6.61 Å². The first-order valence-corrected chi connectivity index (χ1v) is 5.47. The average Bonchev–Trinajstić information content (AvgIpc) is 2.96. The van der Waals surface area contributed by atoms with Gasteiger partial charge in [-0.15, -0.1) is 0 Å². The van der Waals surface area contributed by atoms with Gasteiger partial charge < -0.3 is 19.7 Å². The van der Waals surface area contributed by atoms with Gasteiger partial charge in [-0.1, -0.05) is 0 Å². The number of fused-ring (bicyclic) bond motifs is 2. The van der Waals surface area contributed by atoms with Crippen molar-refractivity contribution in [3.8, 4) is 0 Å². The molecule has 0 spiro atoms.